The van der Waals surface area contributed by atoms with Gasteiger partial charge in [-0.15, -0.1) is 0 Å². The molecule has 1 aromatic heterocycles. The van der Waals surface area contributed by atoms with Crippen LogP contribution in [-0.2, 0) is 11.3 Å². The number of para-hydroxylation sites is 1. The number of nitrogens with zero attached hydrogens (tertiary/aromatic N) is 2. The van der Waals surface area contributed by atoms with E-state index in [1.807, 2.05) is 37.4 Å². The Morgan fingerprint density at radius 1 is 1.06 bits per heavy atom. The summed E-state index contributed by atoms with van der Waals surface area (Å²) in [5.41, 5.74) is 2.19. The number of alkyl halides is 3. The molecule has 0 bridgehead atoms. The Morgan fingerprint density at radius 3 is 2.24 bits per heavy atom. The second kappa shape index (κ2) is 12.8. The fourth-order valence-corrected chi connectivity index (χ4v) is 2.91. The molecule has 0 spiro atoms. The minimum atomic E-state index is -4.56. The molecule has 1 heterocycles. The summed E-state index contributed by atoms with van der Waals surface area (Å²) in [5, 5.41) is 5.53. The number of benzene rings is 2. The quantitative estimate of drug-likeness (QED) is 0.331. The fraction of sp³-hybridized carbons (Fsp3) is 0.154. The van der Waals surface area contributed by atoms with Gasteiger partial charge in [0.15, 0.2) is 0 Å². The summed E-state index contributed by atoms with van der Waals surface area (Å²) < 4.78 is 40.7. The maximum atomic E-state index is 13.6. The van der Waals surface area contributed by atoms with Crippen molar-refractivity contribution < 1.29 is 18.0 Å². The average Bonchev–Trinajstić information content (AvgIpc) is 2.86. The Bertz CT molecular complexity index is 1070. The van der Waals surface area contributed by atoms with Crippen molar-refractivity contribution >= 4 is 23.4 Å². The molecule has 0 unspecified atom stereocenters. The third-order valence-electron chi connectivity index (χ3n) is 4.77. The van der Waals surface area contributed by atoms with E-state index in [1.54, 1.807) is 36.4 Å². The van der Waals surface area contributed by atoms with Gasteiger partial charge in [-0.3, -0.25) is 9.78 Å². The van der Waals surface area contributed by atoms with Gasteiger partial charge in [0.05, 0.1) is 0 Å². The number of allylic oxidation sites excluding steroid dienone is 3. The standard InChI is InChI=1S/C19H18F3N3O.C7H9N/c1-14(16-4-3-9-23-12-16)10-18(19(20,21)22)25(2)17-7-5-15(6-8-17)11-24-13-26;1-8-7-5-3-2-4-6-7/h3-10,12-13H,1,11H2,2H3,(H,24,26);2-6,8H,1H3/b18-10-;. The number of anilines is 2. The van der Waals surface area contributed by atoms with Gasteiger partial charge in [-0.2, -0.15) is 13.2 Å². The van der Waals surface area contributed by atoms with Gasteiger partial charge < -0.3 is 15.5 Å². The summed E-state index contributed by atoms with van der Waals surface area (Å²) in [6.07, 6.45) is 0.00503. The van der Waals surface area contributed by atoms with Crippen molar-refractivity contribution in [1.29, 1.82) is 0 Å². The first-order chi connectivity index (χ1) is 16.3. The van der Waals surface area contributed by atoms with E-state index in [0.717, 1.165) is 22.2 Å². The smallest absolute Gasteiger partial charge is 0.388 e. The van der Waals surface area contributed by atoms with Crippen LogP contribution in [-0.4, -0.2) is 31.7 Å². The van der Waals surface area contributed by atoms with E-state index < -0.39 is 11.9 Å². The van der Waals surface area contributed by atoms with Crippen LogP contribution in [0, 0.1) is 0 Å². The number of hydrogen-bond donors (Lipinski definition) is 2. The molecule has 0 aliphatic rings. The average molecular weight is 469 g/mol. The Labute approximate surface area is 197 Å². The topological polar surface area (TPSA) is 57.3 Å². The van der Waals surface area contributed by atoms with Crippen LogP contribution in [0.25, 0.3) is 5.57 Å². The molecule has 2 aromatic carbocycles. The summed E-state index contributed by atoms with van der Waals surface area (Å²) in [6.45, 7) is 4.03. The second-order valence-electron chi connectivity index (χ2n) is 7.13. The number of pyridine rings is 1. The molecule has 34 heavy (non-hydrogen) atoms. The van der Waals surface area contributed by atoms with Crippen LogP contribution >= 0.6 is 0 Å². The highest BCUT2D eigenvalue weighted by Crippen LogP contribution is 2.33. The maximum absolute atomic E-state index is 13.6. The zero-order chi connectivity index (χ0) is 25.0. The van der Waals surface area contributed by atoms with Gasteiger partial charge in [0.1, 0.15) is 5.70 Å². The molecule has 0 radical (unpaired) electrons. The third kappa shape index (κ3) is 8.12. The van der Waals surface area contributed by atoms with E-state index >= 15 is 0 Å². The third-order valence-corrected chi connectivity index (χ3v) is 4.77. The monoisotopic (exact) mass is 468 g/mol. The fourth-order valence-electron chi connectivity index (χ4n) is 2.91. The molecule has 0 saturated carbocycles. The second-order valence-corrected chi connectivity index (χ2v) is 7.13. The van der Waals surface area contributed by atoms with Crippen molar-refractivity contribution in [3.8, 4) is 0 Å². The molecule has 178 valence electrons. The van der Waals surface area contributed by atoms with E-state index in [-0.39, 0.29) is 5.57 Å². The molecule has 0 atom stereocenters. The number of carbonyl (C=O) groups excluding carboxylic acids is 1. The molecule has 0 aliphatic heterocycles. The largest absolute Gasteiger partial charge is 0.431 e. The van der Waals surface area contributed by atoms with Crippen LogP contribution in [0.2, 0.25) is 0 Å². The summed E-state index contributed by atoms with van der Waals surface area (Å²) in [6, 6.07) is 19.8. The first kappa shape index (κ1) is 26.2. The molecular weight excluding hydrogens is 441 g/mol. The Balaban J connectivity index is 0.000000430. The normalized spacial score (nSPS) is 11.0. The minimum Gasteiger partial charge on any atom is -0.388 e. The molecule has 0 aliphatic carbocycles. The van der Waals surface area contributed by atoms with E-state index in [4.69, 9.17) is 0 Å². The number of carbonyl (C=O) groups is 1. The van der Waals surface area contributed by atoms with Crippen molar-refractivity contribution in [2.45, 2.75) is 12.7 Å². The molecule has 1 amide bonds. The van der Waals surface area contributed by atoms with Gasteiger partial charge in [0.25, 0.3) is 0 Å². The van der Waals surface area contributed by atoms with Gasteiger partial charge in [-0.1, -0.05) is 43.0 Å². The van der Waals surface area contributed by atoms with Gasteiger partial charge in [0.2, 0.25) is 6.41 Å². The van der Waals surface area contributed by atoms with E-state index in [2.05, 4.69) is 22.2 Å². The van der Waals surface area contributed by atoms with Crippen LogP contribution in [0.1, 0.15) is 11.1 Å². The van der Waals surface area contributed by atoms with E-state index in [1.165, 1.54) is 19.4 Å². The molecule has 5 nitrogen and oxygen atoms in total. The molecule has 0 saturated heterocycles. The van der Waals surface area contributed by atoms with Gasteiger partial charge in [0, 0.05) is 44.4 Å². The van der Waals surface area contributed by atoms with Crippen LogP contribution in [0.5, 0.6) is 0 Å². The number of aromatic nitrogens is 1. The maximum Gasteiger partial charge on any atom is 0.431 e. The predicted molar refractivity (Wildman–Crippen MR) is 131 cm³/mol. The molecule has 3 rings (SSSR count). The number of halogens is 3. The van der Waals surface area contributed by atoms with Crippen LogP contribution in [0.3, 0.4) is 0 Å². The molecular formula is C26H27F3N4O. The van der Waals surface area contributed by atoms with Crippen molar-refractivity contribution in [1.82, 2.24) is 10.3 Å². The van der Waals surface area contributed by atoms with Crippen molar-refractivity contribution in [3.63, 3.8) is 0 Å². The predicted octanol–water partition coefficient (Wildman–Crippen LogP) is 5.65. The highest BCUT2D eigenvalue weighted by Gasteiger charge is 2.37. The zero-order valence-electron chi connectivity index (χ0n) is 19.0. The zero-order valence-corrected chi connectivity index (χ0v) is 19.0. The van der Waals surface area contributed by atoms with Crippen molar-refractivity contribution in [2.75, 3.05) is 24.3 Å². The summed E-state index contributed by atoms with van der Waals surface area (Å²) in [5.74, 6) is 0. The Hall–Kier alpha value is -4.07. The first-order valence-electron chi connectivity index (χ1n) is 10.4. The SMILES string of the molecule is C=C(/C=C(\N(C)c1ccc(CNC=O)cc1)C(F)(F)F)c1cccnc1.CNc1ccccc1. The molecule has 8 heteroatoms. The number of rotatable bonds is 8. The number of nitrogens with one attached hydrogen (secondary N) is 2. The first-order valence-corrected chi connectivity index (χ1v) is 10.4. The Kier molecular flexibility index (Phi) is 9.89. The number of hydrogen-bond acceptors (Lipinski definition) is 4. The summed E-state index contributed by atoms with van der Waals surface area (Å²) in [7, 11) is 3.25. The lowest BCUT2D eigenvalue weighted by Gasteiger charge is -2.25. The van der Waals surface area contributed by atoms with Crippen molar-refractivity contribution in [3.05, 3.63) is 109 Å². The van der Waals surface area contributed by atoms with Crippen LogP contribution in [0.15, 0.2) is 97.5 Å². The summed E-state index contributed by atoms with van der Waals surface area (Å²) in [4.78, 5) is 15.3. The van der Waals surface area contributed by atoms with Gasteiger partial charge in [-0.25, -0.2) is 0 Å². The highest BCUT2D eigenvalue weighted by atomic mass is 19.4. The number of amides is 1. The van der Waals surface area contributed by atoms with Gasteiger partial charge >= 0.3 is 6.18 Å². The summed E-state index contributed by atoms with van der Waals surface area (Å²) >= 11 is 0. The van der Waals surface area contributed by atoms with E-state index in [0.29, 0.717) is 24.2 Å². The lowest BCUT2D eigenvalue weighted by atomic mass is 10.1. The lowest BCUT2D eigenvalue weighted by Crippen LogP contribution is -2.28. The van der Waals surface area contributed by atoms with Crippen molar-refractivity contribution in [2.24, 2.45) is 0 Å². The minimum absolute atomic E-state index is 0.212. The van der Waals surface area contributed by atoms with E-state index in [9.17, 15) is 18.0 Å². The van der Waals surface area contributed by atoms with Gasteiger partial charge in [-0.05, 0) is 53.1 Å². The Morgan fingerprint density at radius 2 is 1.74 bits per heavy atom. The van der Waals surface area contributed by atoms with Crippen LogP contribution < -0.4 is 15.5 Å². The molecule has 3 aromatic rings. The molecule has 0 fully saturated rings. The lowest BCUT2D eigenvalue weighted by molar-refractivity contribution is -0.109. The van der Waals surface area contributed by atoms with Crippen LogP contribution in [0.4, 0.5) is 24.5 Å². The highest BCUT2D eigenvalue weighted by molar-refractivity contribution is 5.73. The molecule has 2 N–H and O–H groups in total.